The largest absolute Gasteiger partial charge is 0.435 e. The Morgan fingerprint density at radius 1 is 1.44 bits per heavy atom. The van der Waals surface area contributed by atoms with Crippen molar-refractivity contribution in [2.24, 2.45) is 5.92 Å². The molecule has 1 aromatic carbocycles. The van der Waals surface area contributed by atoms with E-state index < -0.39 is 0 Å². The third-order valence-electron chi connectivity index (χ3n) is 3.29. The number of carbonyl (C=O) groups excluding carboxylic acids is 1. The number of nitrogens with zero attached hydrogens (tertiary/aromatic N) is 1. The van der Waals surface area contributed by atoms with Crippen molar-refractivity contribution in [3.8, 4) is 0 Å². The summed E-state index contributed by atoms with van der Waals surface area (Å²) in [5.41, 5.74) is 1.29. The molecular formula is C15H19NO2. The van der Waals surface area contributed by atoms with E-state index >= 15 is 0 Å². The summed E-state index contributed by atoms with van der Waals surface area (Å²) in [6.07, 6.45) is 3.18. The average molecular weight is 245 g/mol. The molecule has 1 saturated heterocycles. The van der Waals surface area contributed by atoms with E-state index in [1.165, 1.54) is 11.8 Å². The van der Waals surface area contributed by atoms with Gasteiger partial charge in [0.25, 0.3) is 0 Å². The molecule has 3 nitrogen and oxygen atoms in total. The first-order valence-corrected chi connectivity index (χ1v) is 6.37. The normalized spacial score (nSPS) is 20.3. The molecule has 1 aliphatic rings. The smallest absolute Gasteiger partial charge is 0.315 e. The van der Waals surface area contributed by atoms with Gasteiger partial charge in [-0.1, -0.05) is 36.9 Å². The van der Waals surface area contributed by atoms with E-state index in [-0.39, 0.29) is 11.9 Å². The molecule has 0 aliphatic carbocycles. The van der Waals surface area contributed by atoms with Gasteiger partial charge in [0, 0.05) is 13.1 Å². The van der Waals surface area contributed by atoms with Crippen LogP contribution in [0.3, 0.4) is 0 Å². The molecule has 96 valence electrons. The molecule has 18 heavy (non-hydrogen) atoms. The lowest BCUT2D eigenvalue weighted by Gasteiger charge is -2.31. The number of hydrogen-bond acceptors (Lipinski definition) is 3. The molecule has 0 spiro atoms. The maximum Gasteiger partial charge on any atom is 0.315 e. The van der Waals surface area contributed by atoms with Gasteiger partial charge in [0.2, 0.25) is 0 Å². The second-order valence-electron chi connectivity index (χ2n) is 4.66. The molecule has 1 fully saturated rings. The van der Waals surface area contributed by atoms with Crippen LogP contribution >= 0.6 is 0 Å². The lowest BCUT2D eigenvalue weighted by atomic mass is 9.98. The molecular weight excluding hydrogens is 226 g/mol. The summed E-state index contributed by atoms with van der Waals surface area (Å²) in [6.45, 7) is 6.15. The highest BCUT2D eigenvalue weighted by molar-refractivity contribution is 5.73. The first kappa shape index (κ1) is 12.8. The fourth-order valence-corrected chi connectivity index (χ4v) is 2.41. The van der Waals surface area contributed by atoms with Crippen molar-refractivity contribution < 1.29 is 9.53 Å². The van der Waals surface area contributed by atoms with E-state index in [0.29, 0.717) is 0 Å². The molecule has 0 radical (unpaired) electrons. The quantitative estimate of drug-likeness (QED) is 0.603. The number of esters is 1. The second-order valence-corrected chi connectivity index (χ2v) is 4.66. The molecule has 3 heteroatoms. The Morgan fingerprint density at radius 2 is 2.22 bits per heavy atom. The third-order valence-corrected chi connectivity index (χ3v) is 3.29. The fraction of sp³-hybridized carbons (Fsp3) is 0.400. The van der Waals surface area contributed by atoms with Crippen LogP contribution in [0.4, 0.5) is 0 Å². The molecule has 1 unspecified atom stereocenters. The highest BCUT2D eigenvalue weighted by Gasteiger charge is 2.26. The first-order chi connectivity index (χ1) is 8.79. The van der Waals surface area contributed by atoms with Crippen LogP contribution in [0.1, 0.15) is 18.4 Å². The Kier molecular flexibility index (Phi) is 4.53. The van der Waals surface area contributed by atoms with Crippen LogP contribution in [-0.4, -0.2) is 24.0 Å². The monoisotopic (exact) mass is 245 g/mol. The molecule has 2 rings (SSSR count). The van der Waals surface area contributed by atoms with E-state index in [1.54, 1.807) is 0 Å². The van der Waals surface area contributed by atoms with Crippen molar-refractivity contribution in [3.63, 3.8) is 0 Å². The molecule has 0 amide bonds. The first-order valence-electron chi connectivity index (χ1n) is 6.37. The van der Waals surface area contributed by atoms with Crippen LogP contribution < -0.4 is 0 Å². The minimum atomic E-state index is -0.150. The SMILES string of the molecule is C=COC(=O)C1CCCN(Cc2ccccc2)C1. The average Bonchev–Trinajstić information content (AvgIpc) is 2.40. The summed E-state index contributed by atoms with van der Waals surface area (Å²) in [4.78, 5) is 14.0. The fourth-order valence-electron chi connectivity index (χ4n) is 2.41. The molecule has 0 bridgehead atoms. The van der Waals surface area contributed by atoms with Crippen molar-refractivity contribution in [2.45, 2.75) is 19.4 Å². The number of rotatable bonds is 4. The van der Waals surface area contributed by atoms with Crippen LogP contribution in [0, 0.1) is 5.92 Å². The van der Waals surface area contributed by atoms with Gasteiger partial charge in [-0.05, 0) is 24.9 Å². The number of carbonyl (C=O) groups is 1. The topological polar surface area (TPSA) is 29.5 Å². The Bertz CT molecular complexity index is 402. The third kappa shape index (κ3) is 3.44. The maximum atomic E-state index is 11.7. The number of piperidine rings is 1. The van der Waals surface area contributed by atoms with E-state index in [0.717, 1.165) is 32.5 Å². The van der Waals surface area contributed by atoms with Gasteiger partial charge in [-0.15, -0.1) is 0 Å². The summed E-state index contributed by atoms with van der Waals surface area (Å²) in [5, 5.41) is 0. The molecule has 0 saturated carbocycles. The van der Waals surface area contributed by atoms with Gasteiger partial charge in [0.15, 0.2) is 0 Å². The molecule has 1 heterocycles. The zero-order valence-corrected chi connectivity index (χ0v) is 10.5. The Labute approximate surface area is 108 Å². The minimum absolute atomic E-state index is 0.0135. The zero-order valence-electron chi connectivity index (χ0n) is 10.5. The van der Waals surface area contributed by atoms with Crippen molar-refractivity contribution in [3.05, 3.63) is 48.7 Å². The number of benzene rings is 1. The molecule has 1 aliphatic heterocycles. The van der Waals surface area contributed by atoms with Crippen molar-refractivity contribution >= 4 is 5.97 Å². The lowest BCUT2D eigenvalue weighted by molar-refractivity contribution is -0.144. The summed E-state index contributed by atoms with van der Waals surface area (Å²) in [6, 6.07) is 10.3. The summed E-state index contributed by atoms with van der Waals surface area (Å²) in [5.74, 6) is -0.164. The molecule has 1 aromatic rings. The number of ether oxygens (including phenoxy) is 1. The van der Waals surface area contributed by atoms with Crippen LogP contribution in [-0.2, 0) is 16.1 Å². The van der Waals surface area contributed by atoms with Crippen LogP contribution in [0.25, 0.3) is 0 Å². The van der Waals surface area contributed by atoms with Gasteiger partial charge >= 0.3 is 5.97 Å². The van der Waals surface area contributed by atoms with E-state index in [1.807, 2.05) is 18.2 Å². The highest BCUT2D eigenvalue weighted by atomic mass is 16.5. The highest BCUT2D eigenvalue weighted by Crippen LogP contribution is 2.19. The van der Waals surface area contributed by atoms with Crippen LogP contribution in [0.2, 0.25) is 0 Å². The van der Waals surface area contributed by atoms with E-state index in [4.69, 9.17) is 4.74 Å². The van der Waals surface area contributed by atoms with Gasteiger partial charge in [0.1, 0.15) is 0 Å². The summed E-state index contributed by atoms with van der Waals surface area (Å²) < 4.78 is 4.88. The summed E-state index contributed by atoms with van der Waals surface area (Å²) >= 11 is 0. The van der Waals surface area contributed by atoms with Crippen LogP contribution in [0.15, 0.2) is 43.2 Å². The minimum Gasteiger partial charge on any atom is -0.435 e. The standard InChI is InChI=1S/C15H19NO2/c1-2-18-15(17)14-9-6-10-16(12-14)11-13-7-4-3-5-8-13/h2-5,7-8,14H,1,6,9-12H2. The molecule has 1 atom stereocenters. The number of hydrogen-bond donors (Lipinski definition) is 0. The van der Waals surface area contributed by atoms with Gasteiger partial charge in [-0.25, -0.2) is 0 Å². The predicted octanol–water partition coefficient (Wildman–Crippen LogP) is 2.59. The lowest BCUT2D eigenvalue weighted by Crippen LogP contribution is -2.38. The van der Waals surface area contributed by atoms with Gasteiger partial charge in [0.05, 0.1) is 12.2 Å². The second kappa shape index (κ2) is 6.36. The van der Waals surface area contributed by atoms with E-state index in [2.05, 4.69) is 23.6 Å². The van der Waals surface area contributed by atoms with Crippen LogP contribution in [0.5, 0.6) is 0 Å². The van der Waals surface area contributed by atoms with Gasteiger partial charge in [-0.2, -0.15) is 0 Å². The number of likely N-dealkylation sites (tertiary alicyclic amines) is 1. The Balaban J connectivity index is 1.90. The summed E-state index contributed by atoms with van der Waals surface area (Å²) in [7, 11) is 0. The van der Waals surface area contributed by atoms with Crippen molar-refractivity contribution in [1.82, 2.24) is 4.90 Å². The molecule has 0 aromatic heterocycles. The van der Waals surface area contributed by atoms with Gasteiger partial charge < -0.3 is 4.74 Å². The Morgan fingerprint density at radius 3 is 2.94 bits per heavy atom. The van der Waals surface area contributed by atoms with Crippen molar-refractivity contribution in [2.75, 3.05) is 13.1 Å². The zero-order chi connectivity index (χ0) is 12.8. The van der Waals surface area contributed by atoms with E-state index in [9.17, 15) is 4.79 Å². The van der Waals surface area contributed by atoms with Gasteiger partial charge in [-0.3, -0.25) is 9.69 Å². The molecule has 0 N–H and O–H groups in total. The predicted molar refractivity (Wildman–Crippen MR) is 70.7 cm³/mol. The van der Waals surface area contributed by atoms with Crippen molar-refractivity contribution in [1.29, 1.82) is 0 Å². The Hall–Kier alpha value is -1.61. The maximum absolute atomic E-state index is 11.7.